The fourth-order valence-electron chi connectivity index (χ4n) is 1.43. The van der Waals surface area contributed by atoms with Gasteiger partial charge >= 0.3 is 0 Å². The Balaban J connectivity index is 2.14. The van der Waals surface area contributed by atoms with Crippen molar-refractivity contribution in [2.45, 2.75) is 13.5 Å². The maximum Gasteiger partial charge on any atom is 0.112 e. The molecule has 16 heavy (non-hydrogen) atoms. The molecule has 0 N–H and O–H groups in total. The van der Waals surface area contributed by atoms with Gasteiger partial charge < -0.3 is 0 Å². The third-order valence-electron chi connectivity index (χ3n) is 2.26. The van der Waals surface area contributed by atoms with Crippen LogP contribution in [0.4, 0.5) is 5.69 Å². The minimum absolute atomic E-state index is 0.738. The third-order valence-corrected chi connectivity index (χ3v) is 2.35. The summed E-state index contributed by atoms with van der Waals surface area (Å²) in [6.45, 7) is 2.82. The summed E-state index contributed by atoms with van der Waals surface area (Å²) in [5.74, 6) is 0. The molecule has 0 saturated carbocycles. The van der Waals surface area contributed by atoms with E-state index in [2.05, 4.69) is 58.7 Å². The van der Waals surface area contributed by atoms with E-state index in [0.717, 1.165) is 12.2 Å². The van der Waals surface area contributed by atoms with Crippen molar-refractivity contribution in [3.8, 4) is 0 Å². The van der Waals surface area contributed by atoms with Gasteiger partial charge in [-0.25, -0.2) is 0 Å². The molecule has 1 aromatic carbocycles. The van der Waals surface area contributed by atoms with E-state index in [0.29, 0.717) is 0 Å². The summed E-state index contributed by atoms with van der Waals surface area (Å²) in [7, 11) is 0. The molecule has 2 aromatic rings. The van der Waals surface area contributed by atoms with Crippen LogP contribution in [-0.2, 0) is 6.54 Å². The number of nitrogens with zero attached hydrogens (tertiary/aromatic N) is 3. The first-order valence-corrected chi connectivity index (χ1v) is 5.34. The molecule has 0 bridgehead atoms. The average Bonchev–Trinajstić information content (AvgIpc) is 2.70. The highest BCUT2D eigenvalue weighted by molar-refractivity contribution is 7.78. The Kier molecular flexibility index (Phi) is 3.25. The highest BCUT2D eigenvalue weighted by Crippen LogP contribution is 2.10. The number of rotatable bonds is 3. The summed E-state index contributed by atoms with van der Waals surface area (Å²) in [5.41, 5.74) is 3.21. The predicted molar refractivity (Wildman–Crippen MR) is 67.2 cm³/mol. The van der Waals surface area contributed by atoms with Gasteiger partial charge in [0.15, 0.2) is 0 Å². The number of aromatic nitrogens is 2. The zero-order valence-corrected chi connectivity index (χ0v) is 9.74. The van der Waals surface area contributed by atoms with Gasteiger partial charge in [-0.2, -0.15) is 10.1 Å². The Morgan fingerprint density at radius 2 is 2.12 bits per heavy atom. The zero-order valence-electron chi connectivity index (χ0n) is 8.92. The Labute approximate surface area is 99.4 Å². The van der Waals surface area contributed by atoms with Gasteiger partial charge in [0.05, 0.1) is 24.1 Å². The van der Waals surface area contributed by atoms with E-state index in [1.54, 1.807) is 6.20 Å². The highest BCUT2D eigenvalue weighted by Gasteiger charge is 1.98. The highest BCUT2D eigenvalue weighted by atomic mass is 32.1. The molecular weight excluding hydrogens is 218 g/mol. The molecule has 0 spiro atoms. The van der Waals surface area contributed by atoms with Crippen LogP contribution in [0.3, 0.4) is 0 Å². The molecule has 0 radical (unpaired) electrons. The van der Waals surface area contributed by atoms with Crippen LogP contribution < -0.4 is 0 Å². The molecule has 0 aliphatic rings. The summed E-state index contributed by atoms with van der Waals surface area (Å²) in [4.78, 5) is 3.86. The smallest absolute Gasteiger partial charge is 0.112 e. The lowest BCUT2D eigenvalue weighted by molar-refractivity contribution is 0.687. The van der Waals surface area contributed by atoms with Crippen LogP contribution in [-0.4, -0.2) is 14.9 Å². The Hall–Kier alpha value is -1.77. The fourth-order valence-corrected chi connectivity index (χ4v) is 1.54. The van der Waals surface area contributed by atoms with Gasteiger partial charge in [0.2, 0.25) is 0 Å². The molecule has 0 aliphatic carbocycles. The minimum Gasteiger partial charge on any atom is -0.266 e. The molecule has 80 valence electrons. The van der Waals surface area contributed by atoms with Gasteiger partial charge in [0, 0.05) is 0 Å². The largest absolute Gasteiger partial charge is 0.266 e. The summed E-state index contributed by atoms with van der Waals surface area (Å²) >= 11 is 4.53. The van der Waals surface area contributed by atoms with E-state index in [1.165, 1.54) is 11.1 Å². The Morgan fingerprint density at radius 3 is 2.81 bits per heavy atom. The Bertz CT molecular complexity index is 521. The van der Waals surface area contributed by atoms with Gasteiger partial charge in [-0.15, -0.1) is 0 Å². The van der Waals surface area contributed by atoms with Crippen LogP contribution in [0, 0.1) is 6.92 Å². The number of aliphatic imine (C=N–C) groups is 1. The third kappa shape index (κ3) is 2.63. The SMILES string of the molecule is Cc1ccc(Cn2cc(N=C=S)cn2)cc1. The minimum atomic E-state index is 0.738. The van der Waals surface area contributed by atoms with Crippen molar-refractivity contribution in [2.75, 3.05) is 0 Å². The second-order valence-corrected chi connectivity index (χ2v) is 3.77. The standard InChI is InChI=1S/C12H11N3S/c1-10-2-4-11(5-3-10)7-15-8-12(6-14-15)13-9-16/h2-6,8H,7H2,1H3. The summed E-state index contributed by atoms with van der Waals surface area (Å²) in [6.07, 6.45) is 3.52. The number of benzene rings is 1. The molecule has 3 nitrogen and oxygen atoms in total. The normalized spacial score (nSPS) is 9.81. The lowest BCUT2D eigenvalue weighted by Gasteiger charge is -2.01. The van der Waals surface area contributed by atoms with Crippen LogP contribution in [0.25, 0.3) is 0 Å². The lowest BCUT2D eigenvalue weighted by Crippen LogP contribution is -1.99. The van der Waals surface area contributed by atoms with Crippen molar-refractivity contribution >= 4 is 23.1 Å². The maximum absolute atomic E-state index is 4.53. The van der Waals surface area contributed by atoms with Crippen LogP contribution in [0.1, 0.15) is 11.1 Å². The van der Waals surface area contributed by atoms with Crippen LogP contribution in [0.15, 0.2) is 41.7 Å². The second kappa shape index (κ2) is 4.84. The maximum atomic E-state index is 4.53. The van der Waals surface area contributed by atoms with Crippen molar-refractivity contribution in [3.05, 3.63) is 47.8 Å². The topological polar surface area (TPSA) is 30.2 Å². The molecule has 0 fully saturated rings. The molecule has 1 heterocycles. The van der Waals surface area contributed by atoms with Gasteiger partial charge in [0.25, 0.3) is 0 Å². The van der Waals surface area contributed by atoms with E-state index in [4.69, 9.17) is 0 Å². The fraction of sp³-hybridized carbons (Fsp3) is 0.167. The van der Waals surface area contributed by atoms with Gasteiger partial charge in [0.1, 0.15) is 5.69 Å². The van der Waals surface area contributed by atoms with E-state index in [-0.39, 0.29) is 0 Å². The van der Waals surface area contributed by atoms with Crippen molar-refractivity contribution in [1.82, 2.24) is 9.78 Å². The van der Waals surface area contributed by atoms with Gasteiger partial charge in [-0.1, -0.05) is 29.8 Å². The number of thiocarbonyl (C=S) groups is 1. The number of hydrogen-bond acceptors (Lipinski definition) is 3. The quantitative estimate of drug-likeness (QED) is 0.598. The first-order chi connectivity index (χ1) is 7.78. The molecule has 1 aromatic heterocycles. The number of aryl methyl sites for hydroxylation is 1. The van der Waals surface area contributed by atoms with Crippen molar-refractivity contribution in [3.63, 3.8) is 0 Å². The summed E-state index contributed by atoms with van der Waals surface area (Å²) in [6, 6.07) is 8.38. The molecule has 0 unspecified atom stereocenters. The molecule has 0 aliphatic heterocycles. The summed E-state index contributed by atoms with van der Waals surface area (Å²) in [5, 5.41) is 6.51. The van der Waals surface area contributed by atoms with Crippen LogP contribution in [0.5, 0.6) is 0 Å². The average molecular weight is 229 g/mol. The number of hydrogen-bond donors (Lipinski definition) is 0. The summed E-state index contributed by atoms with van der Waals surface area (Å²) < 4.78 is 1.83. The van der Waals surface area contributed by atoms with Crippen molar-refractivity contribution in [2.24, 2.45) is 4.99 Å². The first-order valence-electron chi connectivity index (χ1n) is 4.94. The molecule has 0 amide bonds. The Morgan fingerprint density at radius 1 is 1.38 bits per heavy atom. The van der Waals surface area contributed by atoms with Crippen LogP contribution in [0.2, 0.25) is 0 Å². The monoisotopic (exact) mass is 229 g/mol. The molecule has 0 atom stereocenters. The van der Waals surface area contributed by atoms with E-state index in [9.17, 15) is 0 Å². The van der Waals surface area contributed by atoms with Gasteiger partial charge in [-0.05, 0) is 24.7 Å². The molecule has 0 saturated heterocycles. The van der Waals surface area contributed by atoms with Gasteiger partial charge in [-0.3, -0.25) is 4.68 Å². The van der Waals surface area contributed by atoms with E-state index >= 15 is 0 Å². The lowest BCUT2D eigenvalue weighted by atomic mass is 10.1. The first kappa shape index (κ1) is 10.7. The molecule has 4 heteroatoms. The molecule has 2 rings (SSSR count). The van der Waals surface area contributed by atoms with Crippen molar-refractivity contribution in [1.29, 1.82) is 0 Å². The number of isothiocyanates is 1. The van der Waals surface area contributed by atoms with E-state index < -0.39 is 0 Å². The predicted octanol–water partition coefficient (Wildman–Crippen LogP) is 2.97. The van der Waals surface area contributed by atoms with Crippen LogP contribution >= 0.6 is 12.2 Å². The van der Waals surface area contributed by atoms with E-state index in [1.807, 2.05) is 10.9 Å². The van der Waals surface area contributed by atoms with Crippen molar-refractivity contribution < 1.29 is 0 Å². The second-order valence-electron chi connectivity index (χ2n) is 3.58. The molecular formula is C12H11N3S. The zero-order chi connectivity index (χ0) is 11.4.